The third-order valence-corrected chi connectivity index (χ3v) is 4.38. The van der Waals surface area contributed by atoms with E-state index in [2.05, 4.69) is 36.1 Å². The van der Waals surface area contributed by atoms with Crippen LogP contribution in [0, 0.1) is 5.92 Å². The Balaban J connectivity index is 1.90. The van der Waals surface area contributed by atoms with Crippen LogP contribution in [0.2, 0.25) is 0 Å². The lowest BCUT2D eigenvalue weighted by molar-refractivity contribution is -0.148. The van der Waals surface area contributed by atoms with Crippen molar-refractivity contribution in [2.45, 2.75) is 31.5 Å². The van der Waals surface area contributed by atoms with E-state index in [-0.39, 0.29) is 18.1 Å². The Labute approximate surface area is 113 Å². The lowest BCUT2D eigenvalue weighted by Gasteiger charge is -2.35. The van der Waals surface area contributed by atoms with Crippen LogP contribution >= 0.6 is 0 Å². The van der Waals surface area contributed by atoms with Crippen molar-refractivity contribution in [3.63, 3.8) is 0 Å². The molecule has 0 amide bonds. The largest absolute Gasteiger partial charge is 0.468 e. The Morgan fingerprint density at radius 1 is 1.32 bits per heavy atom. The maximum atomic E-state index is 12.1. The minimum atomic E-state index is -0.129. The lowest BCUT2D eigenvalue weighted by Crippen LogP contribution is -2.45. The Morgan fingerprint density at radius 2 is 2.05 bits per heavy atom. The number of hydrogen-bond acceptors (Lipinski definition) is 3. The molecule has 1 aliphatic carbocycles. The molecular weight excluding hydrogens is 238 g/mol. The summed E-state index contributed by atoms with van der Waals surface area (Å²) in [4.78, 5) is 14.3. The molecule has 0 N–H and O–H groups in total. The molecule has 1 aromatic rings. The first-order chi connectivity index (χ1) is 9.22. The summed E-state index contributed by atoms with van der Waals surface area (Å²) in [5.41, 5.74) is 1.25. The maximum Gasteiger partial charge on any atom is 0.323 e. The molecule has 1 saturated heterocycles. The number of carbonyl (C=O) groups is 1. The van der Waals surface area contributed by atoms with E-state index < -0.39 is 0 Å². The van der Waals surface area contributed by atoms with Gasteiger partial charge in [0.1, 0.15) is 6.04 Å². The van der Waals surface area contributed by atoms with Gasteiger partial charge in [0.15, 0.2) is 0 Å². The van der Waals surface area contributed by atoms with Crippen molar-refractivity contribution in [2.24, 2.45) is 5.92 Å². The molecule has 0 spiro atoms. The second-order valence-electron chi connectivity index (χ2n) is 5.35. The third-order valence-electron chi connectivity index (χ3n) is 4.38. The molecule has 1 fully saturated rings. The van der Waals surface area contributed by atoms with Crippen molar-refractivity contribution in [1.82, 2.24) is 4.90 Å². The number of benzene rings is 1. The number of nitrogens with zero attached hydrogens (tertiary/aromatic N) is 1. The van der Waals surface area contributed by atoms with Crippen LogP contribution in [0.15, 0.2) is 42.5 Å². The zero-order chi connectivity index (χ0) is 13.4. The first kappa shape index (κ1) is 12.4. The van der Waals surface area contributed by atoms with Gasteiger partial charge in [-0.25, -0.2) is 0 Å². The minimum Gasteiger partial charge on any atom is -0.468 e. The van der Waals surface area contributed by atoms with Crippen molar-refractivity contribution >= 4 is 5.97 Å². The number of carbonyl (C=O) groups excluding carboxylic acids is 1. The summed E-state index contributed by atoms with van der Waals surface area (Å²) >= 11 is 0. The molecule has 1 aromatic carbocycles. The highest BCUT2D eigenvalue weighted by Gasteiger charge is 2.48. The summed E-state index contributed by atoms with van der Waals surface area (Å²) in [6.07, 6.45) is 5.43. The zero-order valence-electron chi connectivity index (χ0n) is 11.3. The van der Waals surface area contributed by atoms with E-state index >= 15 is 0 Å². The average molecular weight is 257 g/mol. The van der Waals surface area contributed by atoms with Gasteiger partial charge in [-0.1, -0.05) is 42.5 Å². The number of fused-ring (bicyclic) bond motifs is 2. The minimum absolute atomic E-state index is 0.111. The summed E-state index contributed by atoms with van der Waals surface area (Å²) in [7, 11) is 1.48. The predicted molar refractivity (Wildman–Crippen MR) is 73.5 cm³/mol. The molecule has 0 saturated carbocycles. The van der Waals surface area contributed by atoms with E-state index in [1.807, 2.05) is 18.2 Å². The summed E-state index contributed by atoms with van der Waals surface area (Å²) in [6.45, 7) is 2.17. The summed E-state index contributed by atoms with van der Waals surface area (Å²) in [5.74, 6) is 0.197. The highest BCUT2D eigenvalue weighted by atomic mass is 16.5. The van der Waals surface area contributed by atoms with Crippen molar-refractivity contribution in [2.75, 3.05) is 7.11 Å². The second kappa shape index (κ2) is 4.82. The molecule has 3 heteroatoms. The Hall–Kier alpha value is -1.61. The van der Waals surface area contributed by atoms with E-state index in [1.54, 1.807) is 0 Å². The van der Waals surface area contributed by atoms with Gasteiger partial charge in [-0.15, -0.1) is 0 Å². The van der Waals surface area contributed by atoms with Gasteiger partial charge in [-0.3, -0.25) is 9.69 Å². The van der Waals surface area contributed by atoms with Crippen molar-refractivity contribution in [1.29, 1.82) is 0 Å². The van der Waals surface area contributed by atoms with Crippen LogP contribution in [-0.4, -0.2) is 30.1 Å². The standard InChI is InChI=1S/C16H19NO2/c1-11(12-6-4-3-5-7-12)17-14-9-8-13(10-14)15(17)16(18)19-2/h3-9,11,13-15H,10H2,1-2H3/t11-,13?,14-,15+/m1/s1. The van der Waals surface area contributed by atoms with E-state index in [0.29, 0.717) is 12.0 Å². The molecule has 19 heavy (non-hydrogen) atoms. The summed E-state index contributed by atoms with van der Waals surface area (Å²) in [6, 6.07) is 10.8. The fraction of sp³-hybridized carbons (Fsp3) is 0.438. The van der Waals surface area contributed by atoms with Crippen LogP contribution < -0.4 is 0 Å². The number of hydrogen-bond donors (Lipinski definition) is 0. The maximum absolute atomic E-state index is 12.1. The number of rotatable bonds is 3. The van der Waals surface area contributed by atoms with E-state index in [9.17, 15) is 4.79 Å². The number of likely N-dealkylation sites (tertiary alicyclic amines) is 1. The van der Waals surface area contributed by atoms with Gasteiger partial charge in [0.25, 0.3) is 0 Å². The van der Waals surface area contributed by atoms with E-state index in [4.69, 9.17) is 4.74 Å². The van der Waals surface area contributed by atoms with Crippen molar-refractivity contribution in [3.8, 4) is 0 Å². The quantitative estimate of drug-likeness (QED) is 0.615. The molecule has 2 bridgehead atoms. The normalized spacial score (nSPS) is 30.5. The fourth-order valence-electron chi connectivity index (χ4n) is 3.44. The molecule has 3 rings (SSSR count). The first-order valence-electron chi connectivity index (χ1n) is 6.81. The zero-order valence-corrected chi connectivity index (χ0v) is 11.3. The van der Waals surface area contributed by atoms with Gasteiger partial charge in [-0.05, 0) is 18.9 Å². The van der Waals surface area contributed by atoms with Gasteiger partial charge >= 0.3 is 5.97 Å². The van der Waals surface area contributed by atoms with E-state index in [1.165, 1.54) is 12.7 Å². The predicted octanol–water partition coefficient (Wildman–Crippen LogP) is 2.55. The molecule has 2 aliphatic rings. The summed E-state index contributed by atoms with van der Waals surface area (Å²) < 4.78 is 4.99. The van der Waals surface area contributed by atoms with Crippen LogP contribution in [0.5, 0.6) is 0 Å². The van der Waals surface area contributed by atoms with Crippen molar-refractivity contribution < 1.29 is 9.53 Å². The van der Waals surface area contributed by atoms with Gasteiger partial charge in [0.05, 0.1) is 7.11 Å². The molecule has 0 radical (unpaired) electrons. The Morgan fingerprint density at radius 3 is 2.74 bits per heavy atom. The molecule has 0 aromatic heterocycles. The van der Waals surface area contributed by atoms with Crippen LogP contribution in [0.1, 0.15) is 24.9 Å². The van der Waals surface area contributed by atoms with Gasteiger partial charge < -0.3 is 4.74 Å². The topological polar surface area (TPSA) is 29.5 Å². The highest BCUT2D eigenvalue weighted by molar-refractivity contribution is 5.77. The SMILES string of the molecule is COC(=O)[C@@H]1C2C=C[C@H](C2)N1[C@H](C)c1ccccc1. The van der Waals surface area contributed by atoms with E-state index in [0.717, 1.165) is 6.42 Å². The molecule has 100 valence electrons. The van der Waals surface area contributed by atoms with Crippen LogP contribution in [-0.2, 0) is 9.53 Å². The number of methoxy groups -OCH3 is 1. The average Bonchev–Trinajstić information content (AvgIpc) is 3.07. The molecular formula is C16H19NO2. The van der Waals surface area contributed by atoms with Gasteiger partial charge in [0, 0.05) is 18.0 Å². The van der Waals surface area contributed by atoms with Gasteiger partial charge in [0.2, 0.25) is 0 Å². The lowest BCUT2D eigenvalue weighted by atomic mass is 9.99. The van der Waals surface area contributed by atoms with Gasteiger partial charge in [-0.2, -0.15) is 0 Å². The fourth-order valence-corrected chi connectivity index (χ4v) is 3.44. The molecule has 1 unspecified atom stereocenters. The van der Waals surface area contributed by atoms with Crippen LogP contribution in [0.4, 0.5) is 0 Å². The summed E-state index contributed by atoms with van der Waals surface area (Å²) in [5, 5.41) is 0. The number of ether oxygens (including phenoxy) is 1. The molecule has 1 aliphatic heterocycles. The van der Waals surface area contributed by atoms with Crippen LogP contribution in [0.25, 0.3) is 0 Å². The molecule has 3 nitrogen and oxygen atoms in total. The second-order valence-corrected chi connectivity index (χ2v) is 5.35. The number of esters is 1. The molecule has 1 heterocycles. The third kappa shape index (κ3) is 1.98. The monoisotopic (exact) mass is 257 g/mol. The highest BCUT2D eigenvalue weighted by Crippen LogP contribution is 2.42. The molecule has 4 atom stereocenters. The van der Waals surface area contributed by atoms with Crippen molar-refractivity contribution in [3.05, 3.63) is 48.0 Å². The van der Waals surface area contributed by atoms with Crippen LogP contribution in [0.3, 0.4) is 0 Å². The first-order valence-corrected chi connectivity index (χ1v) is 6.81. The Kier molecular flexibility index (Phi) is 3.15. The smallest absolute Gasteiger partial charge is 0.323 e. The Bertz CT molecular complexity index is 497.